The van der Waals surface area contributed by atoms with Gasteiger partial charge in [-0.2, -0.15) is 0 Å². The lowest BCUT2D eigenvalue weighted by atomic mass is 10.4. The first-order valence-electron chi connectivity index (χ1n) is 2.00. The molecule has 0 bridgehead atoms. The molecule has 1 radical (unpaired) electrons. The van der Waals surface area contributed by atoms with Gasteiger partial charge in [-0.15, -0.1) is 0 Å². The smallest absolute Gasteiger partial charge is 0.0180 e. The zero-order valence-electron chi connectivity index (χ0n) is 3.50. The number of hydrogen-bond acceptors (Lipinski definition) is 0. The Morgan fingerprint density at radius 2 is 2.17 bits per heavy atom. The van der Waals surface area contributed by atoms with Crippen LogP contribution < -0.4 is 0 Å². The van der Waals surface area contributed by atoms with Gasteiger partial charge in [0.1, 0.15) is 0 Å². The molecular formula is C5H6Cl. The van der Waals surface area contributed by atoms with E-state index in [-0.39, 0.29) is 0 Å². The van der Waals surface area contributed by atoms with Gasteiger partial charge in [-0.05, 0) is 12.8 Å². The van der Waals surface area contributed by atoms with Gasteiger partial charge in [0.05, 0.1) is 0 Å². The highest BCUT2D eigenvalue weighted by molar-refractivity contribution is 6.31. The zero-order valence-corrected chi connectivity index (χ0v) is 4.26. The summed E-state index contributed by atoms with van der Waals surface area (Å²) in [7, 11) is 0. The van der Waals surface area contributed by atoms with Gasteiger partial charge in [0, 0.05) is 11.0 Å². The third-order valence-electron chi connectivity index (χ3n) is 0.884. The second-order valence-corrected chi connectivity index (χ2v) is 1.96. The Morgan fingerprint density at radius 3 is 2.17 bits per heavy atom. The van der Waals surface area contributed by atoms with Gasteiger partial charge < -0.3 is 0 Å². The molecule has 33 valence electrons. The molecule has 0 N–H and O–H groups in total. The van der Waals surface area contributed by atoms with E-state index in [1.807, 2.05) is 0 Å². The molecule has 0 aromatic carbocycles. The summed E-state index contributed by atoms with van der Waals surface area (Å²) in [6.45, 7) is 3.55. The highest BCUT2D eigenvalue weighted by Crippen LogP contribution is 2.39. The van der Waals surface area contributed by atoms with E-state index in [0.29, 0.717) is 0 Å². The fraction of sp³-hybridized carbons (Fsp3) is 0.400. The van der Waals surface area contributed by atoms with Crippen LogP contribution in [0.1, 0.15) is 12.8 Å². The molecule has 0 spiro atoms. The van der Waals surface area contributed by atoms with Gasteiger partial charge in [0.15, 0.2) is 0 Å². The Bertz CT molecular complexity index is 72.0. The van der Waals surface area contributed by atoms with Crippen molar-refractivity contribution in [2.24, 2.45) is 0 Å². The minimum atomic E-state index is 0.759. The maximum Gasteiger partial charge on any atom is 0.0180 e. The third-order valence-corrected chi connectivity index (χ3v) is 1.15. The van der Waals surface area contributed by atoms with Gasteiger partial charge in [-0.1, -0.05) is 18.2 Å². The SMILES string of the molecule is C=C(Cl)[C]1CC1. The average molecular weight is 102 g/mol. The van der Waals surface area contributed by atoms with Gasteiger partial charge in [0.25, 0.3) is 0 Å². The molecule has 0 aromatic rings. The van der Waals surface area contributed by atoms with Crippen LogP contribution in [0.5, 0.6) is 0 Å². The van der Waals surface area contributed by atoms with Gasteiger partial charge in [-0.3, -0.25) is 0 Å². The Kier molecular flexibility index (Phi) is 0.886. The van der Waals surface area contributed by atoms with Crippen LogP contribution in [0.4, 0.5) is 0 Å². The van der Waals surface area contributed by atoms with E-state index < -0.39 is 0 Å². The lowest BCUT2D eigenvalue weighted by molar-refractivity contribution is 1.50. The van der Waals surface area contributed by atoms with E-state index >= 15 is 0 Å². The summed E-state index contributed by atoms with van der Waals surface area (Å²) in [5.41, 5.74) is 0. The highest BCUT2D eigenvalue weighted by atomic mass is 35.5. The van der Waals surface area contributed by atoms with Crippen molar-refractivity contribution in [1.29, 1.82) is 0 Å². The van der Waals surface area contributed by atoms with Crippen LogP contribution in [-0.4, -0.2) is 0 Å². The summed E-state index contributed by atoms with van der Waals surface area (Å²) in [6.07, 6.45) is 2.37. The molecule has 1 saturated carbocycles. The molecule has 1 fully saturated rings. The highest BCUT2D eigenvalue weighted by Gasteiger charge is 2.23. The predicted octanol–water partition coefficient (Wildman–Crippen LogP) is 2.11. The average Bonchev–Trinajstić information content (AvgIpc) is 2.06. The number of hydrogen-bond donors (Lipinski definition) is 0. The van der Waals surface area contributed by atoms with Crippen molar-refractivity contribution in [2.75, 3.05) is 0 Å². The molecule has 0 aromatic heterocycles. The first-order valence-corrected chi connectivity index (χ1v) is 2.38. The lowest BCUT2D eigenvalue weighted by Gasteiger charge is -1.79. The van der Waals surface area contributed by atoms with Crippen LogP contribution in [0.2, 0.25) is 0 Å². The minimum Gasteiger partial charge on any atom is -0.0891 e. The maximum absolute atomic E-state index is 5.44. The molecule has 0 nitrogen and oxygen atoms in total. The van der Waals surface area contributed by atoms with E-state index in [0.717, 1.165) is 5.03 Å². The second kappa shape index (κ2) is 1.27. The minimum absolute atomic E-state index is 0.759. The summed E-state index contributed by atoms with van der Waals surface area (Å²) in [5, 5.41) is 0.759. The molecule has 0 aliphatic heterocycles. The first-order chi connectivity index (χ1) is 2.80. The summed E-state index contributed by atoms with van der Waals surface area (Å²) >= 11 is 5.44. The predicted molar refractivity (Wildman–Crippen MR) is 27.5 cm³/mol. The molecule has 0 heterocycles. The van der Waals surface area contributed by atoms with Crippen LogP contribution in [-0.2, 0) is 0 Å². The lowest BCUT2D eigenvalue weighted by Crippen LogP contribution is -1.61. The van der Waals surface area contributed by atoms with Crippen molar-refractivity contribution in [3.05, 3.63) is 17.5 Å². The summed E-state index contributed by atoms with van der Waals surface area (Å²) in [5.74, 6) is 1.33. The normalized spacial score (nSPS) is 20.8. The fourth-order valence-electron chi connectivity index (χ4n) is 0.334. The van der Waals surface area contributed by atoms with Crippen LogP contribution in [0.3, 0.4) is 0 Å². The molecule has 1 rings (SSSR count). The van der Waals surface area contributed by atoms with Crippen LogP contribution in [0, 0.1) is 5.92 Å². The van der Waals surface area contributed by atoms with E-state index in [4.69, 9.17) is 11.6 Å². The number of halogens is 1. The molecule has 0 atom stereocenters. The number of allylic oxidation sites excluding steroid dienone is 1. The summed E-state index contributed by atoms with van der Waals surface area (Å²) < 4.78 is 0. The Hall–Kier alpha value is 0.0300. The third kappa shape index (κ3) is 0.749. The Morgan fingerprint density at radius 1 is 1.67 bits per heavy atom. The summed E-state index contributed by atoms with van der Waals surface area (Å²) in [4.78, 5) is 0. The summed E-state index contributed by atoms with van der Waals surface area (Å²) in [6, 6.07) is 0. The van der Waals surface area contributed by atoms with Crippen molar-refractivity contribution in [2.45, 2.75) is 12.8 Å². The first kappa shape index (κ1) is 4.20. The van der Waals surface area contributed by atoms with Crippen molar-refractivity contribution in [3.63, 3.8) is 0 Å². The van der Waals surface area contributed by atoms with Crippen molar-refractivity contribution >= 4 is 11.6 Å². The van der Waals surface area contributed by atoms with Gasteiger partial charge in [0.2, 0.25) is 0 Å². The van der Waals surface area contributed by atoms with Gasteiger partial charge >= 0.3 is 0 Å². The van der Waals surface area contributed by atoms with Crippen molar-refractivity contribution in [1.82, 2.24) is 0 Å². The Balaban J connectivity index is 2.31. The zero-order chi connectivity index (χ0) is 4.57. The molecular weight excluding hydrogens is 95.5 g/mol. The van der Waals surface area contributed by atoms with Gasteiger partial charge in [-0.25, -0.2) is 0 Å². The maximum atomic E-state index is 5.44. The molecule has 0 saturated heterocycles. The molecule has 0 amide bonds. The standard InChI is InChI=1S/C5H6Cl/c1-4(6)5-2-3-5/h1-3H2. The van der Waals surface area contributed by atoms with Crippen LogP contribution >= 0.6 is 11.6 Å². The van der Waals surface area contributed by atoms with Crippen LogP contribution in [0.25, 0.3) is 0 Å². The van der Waals surface area contributed by atoms with E-state index in [1.165, 1.54) is 18.8 Å². The van der Waals surface area contributed by atoms with Crippen molar-refractivity contribution < 1.29 is 0 Å². The van der Waals surface area contributed by atoms with E-state index in [1.54, 1.807) is 0 Å². The van der Waals surface area contributed by atoms with E-state index in [2.05, 4.69) is 6.58 Å². The molecule has 1 heteroatoms. The molecule has 1 aliphatic carbocycles. The molecule has 1 aliphatic rings. The molecule has 6 heavy (non-hydrogen) atoms. The largest absolute Gasteiger partial charge is 0.0891 e. The monoisotopic (exact) mass is 101 g/mol. The quantitative estimate of drug-likeness (QED) is 0.475. The second-order valence-electron chi connectivity index (χ2n) is 1.51. The number of rotatable bonds is 1. The molecule has 0 unspecified atom stereocenters. The van der Waals surface area contributed by atoms with Crippen LogP contribution in [0.15, 0.2) is 11.6 Å². The van der Waals surface area contributed by atoms with Crippen molar-refractivity contribution in [3.8, 4) is 0 Å². The Labute approximate surface area is 42.8 Å². The topological polar surface area (TPSA) is 0 Å². The van der Waals surface area contributed by atoms with E-state index in [9.17, 15) is 0 Å². The fourth-order valence-corrected chi connectivity index (χ4v) is 0.523.